The number of phenolic OH excluding ortho intramolecular Hbond substituents is 1. The first-order valence-corrected chi connectivity index (χ1v) is 7.05. The maximum atomic E-state index is 10.1. The highest BCUT2D eigenvalue weighted by molar-refractivity contribution is 9.10. The van der Waals surface area contributed by atoms with E-state index in [9.17, 15) is 5.11 Å². The van der Waals surface area contributed by atoms with E-state index in [-0.39, 0.29) is 30.9 Å². The molecule has 1 aliphatic heterocycles. The normalized spacial score (nSPS) is 16.6. The fourth-order valence-electron chi connectivity index (χ4n) is 2.42. The molecule has 0 spiro atoms. The van der Waals surface area contributed by atoms with Crippen LogP contribution in [-0.2, 0) is 0 Å². The van der Waals surface area contributed by atoms with Crippen LogP contribution in [0.5, 0.6) is 5.75 Å². The Bertz CT molecular complexity index is 426. The van der Waals surface area contributed by atoms with E-state index in [1.807, 2.05) is 18.2 Å². The molecule has 6 heteroatoms. The highest BCUT2D eigenvalue weighted by atomic mass is 79.9. The third kappa shape index (κ3) is 4.93. The van der Waals surface area contributed by atoms with E-state index in [4.69, 9.17) is 0 Å². The predicted octanol–water partition coefficient (Wildman–Crippen LogP) is 3.52. The quantitative estimate of drug-likeness (QED) is 0.780. The van der Waals surface area contributed by atoms with Gasteiger partial charge >= 0.3 is 0 Å². The van der Waals surface area contributed by atoms with Crippen LogP contribution in [-0.4, -0.2) is 36.2 Å². The van der Waals surface area contributed by atoms with Crippen molar-refractivity contribution in [3.05, 3.63) is 40.9 Å². The molecule has 1 fully saturated rings. The second-order valence-corrected chi connectivity index (χ2v) is 5.44. The van der Waals surface area contributed by atoms with Crippen molar-refractivity contribution >= 4 is 40.7 Å². The molecule has 2 N–H and O–H groups in total. The van der Waals surface area contributed by atoms with Crippen LogP contribution < -0.4 is 5.32 Å². The number of hydrogen-bond acceptors (Lipinski definition) is 3. The molecule has 0 saturated carbocycles. The molecule has 20 heavy (non-hydrogen) atoms. The lowest BCUT2D eigenvalue weighted by Crippen LogP contribution is -2.45. The number of phenols is 1. The van der Waals surface area contributed by atoms with Crippen molar-refractivity contribution in [1.82, 2.24) is 10.2 Å². The lowest BCUT2D eigenvalue weighted by molar-refractivity contribution is 0.172. The molecule has 0 aromatic heterocycles. The third-order valence-corrected chi connectivity index (χ3v) is 3.83. The first-order chi connectivity index (χ1) is 8.72. The second kappa shape index (κ2) is 9.64. The highest BCUT2D eigenvalue weighted by Gasteiger charge is 2.23. The van der Waals surface area contributed by atoms with E-state index in [2.05, 4.69) is 32.7 Å². The number of nitrogens with zero attached hydrogens (tertiary/aromatic N) is 1. The molecule has 114 valence electrons. The Kier molecular flexibility index (Phi) is 9.51. The van der Waals surface area contributed by atoms with Crippen molar-refractivity contribution in [2.75, 3.05) is 26.2 Å². The van der Waals surface area contributed by atoms with Gasteiger partial charge in [0.1, 0.15) is 5.75 Å². The number of piperazine rings is 1. The Labute approximate surface area is 141 Å². The van der Waals surface area contributed by atoms with Gasteiger partial charge in [0.25, 0.3) is 0 Å². The molecular formula is C14H21BrCl2N2O. The minimum absolute atomic E-state index is 0. The van der Waals surface area contributed by atoms with Crippen LogP contribution in [0, 0.1) is 0 Å². The first-order valence-electron chi connectivity index (χ1n) is 6.26. The summed E-state index contributed by atoms with van der Waals surface area (Å²) < 4.78 is 0.904. The largest absolute Gasteiger partial charge is 0.508 e. The standard InChI is InChI=1S/C14H19BrN2O.2ClH/c1-2-3-13(17-8-6-16-7-9-17)12-5-4-11(15)10-14(12)18;;/h2,4-5,10,13,16,18H,1,3,6-9H2;2*1H/t13-;;/m0../s1. The van der Waals surface area contributed by atoms with E-state index < -0.39 is 0 Å². The van der Waals surface area contributed by atoms with E-state index in [1.54, 1.807) is 6.07 Å². The molecule has 0 aliphatic carbocycles. The average Bonchev–Trinajstić information content (AvgIpc) is 2.38. The lowest BCUT2D eigenvalue weighted by Gasteiger charge is -2.35. The molecule has 1 atom stereocenters. The minimum atomic E-state index is 0. The van der Waals surface area contributed by atoms with Crippen molar-refractivity contribution in [3.63, 3.8) is 0 Å². The van der Waals surface area contributed by atoms with Crippen molar-refractivity contribution in [1.29, 1.82) is 0 Å². The SMILES string of the molecule is C=CC[C@@H](c1ccc(Br)cc1O)N1CCNCC1.Cl.Cl. The third-order valence-electron chi connectivity index (χ3n) is 3.33. The summed E-state index contributed by atoms with van der Waals surface area (Å²) in [6.45, 7) is 7.86. The Balaban J connectivity index is 0.00000180. The molecule has 0 amide bonds. The number of nitrogens with one attached hydrogen (secondary N) is 1. The van der Waals surface area contributed by atoms with Crippen LogP contribution in [0.3, 0.4) is 0 Å². The lowest BCUT2D eigenvalue weighted by atomic mass is 10.00. The molecular weight excluding hydrogens is 363 g/mol. The van der Waals surface area contributed by atoms with Crippen molar-refractivity contribution < 1.29 is 5.11 Å². The Morgan fingerprint density at radius 3 is 2.55 bits per heavy atom. The summed E-state index contributed by atoms with van der Waals surface area (Å²) >= 11 is 3.38. The zero-order valence-electron chi connectivity index (χ0n) is 11.2. The molecule has 1 aliphatic rings. The van der Waals surface area contributed by atoms with Gasteiger partial charge in [-0.05, 0) is 18.6 Å². The van der Waals surface area contributed by atoms with Crippen LogP contribution in [0.4, 0.5) is 0 Å². The number of rotatable bonds is 4. The van der Waals surface area contributed by atoms with E-state index >= 15 is 0 Å². The molecule has 1 saturated heterocycles. The molecule has 0 unspecified atom stereocenters. The molecule has 0 radical (unpaired) electrons. The number of hydrogen-bond donors (Lipinski definition) is 2. The molecule has 1 heterocycles. The van der Waals surface area contributed by atoms with Crippen molar-refractivity contribution in [2.45, 2.75) is 12.5 Å². The number of benzene rings is 1. The van der Waals surface area contributed by atoms with Gasteiger partial charge in [0, 0.05) is 42.3 Å². The van der Waals surface area contributed by atoms with Gasteiger partial charge in [0.15, 0.2) is 0 Å². The summed E-state index contributed by atoms with van der Waals surface area (Å²) in [6.07, 6.45) is 2.78. The van der Waals surface area contributed by atoms with Gasteiger partial charge in [0.2, 0.25) is 0 Å². The van der Waals surface area contributed by atoms with Gasteiger partial charge in [-0.3, -0.25) is 4.90 Å². The van der Waals surface area contributed by atoms with E-state index in [1.165, 1.54) is 0 Å². The Morgan fingerprint density at radius 2 is 2.00 bits per heavy atom. The van der Waals surface area contributed by atoms with E-state index in [0.717, 1.165) is 42.6 Å². The summed E-state index contributed by atoms with van der Waals surface area (Å²) in [4.78, 5) is 2.40. The Hall–Kier alpha value is -0.260. The summed E-state index contributed by atoms with van der Waals surface area (Å²) in [7, 11) is 0. The van der Waals surface area contributed by atoms with Gasteiger partial charge < -0.3 is 10.4 Å². The molecule has 3 nitrogen and oxygen atoms in total. The van der Waals surface area contributed by atoms with E-state index in [0.29, 0.717) is 5.75 Å². The smallest absolute Gasteiger partial charge is 0.121 e. The molecule has 2 rings (SSSR count). The van der Waals surface area contributed by atoms with Gasteiger partial charge in [-0.2, -0.15) is 0 Å². The summed E-state index contributed by atoms with van der Waals surface area (Å²) in [6, 6.07) is 5.95. The molecule has 1 aromatic carbocycles. The van der Waals surface area contributed by atoms with Crippen LogP contribution in [0.25, 0.3) is 0 Å². The minimum Gasteiger partial charge on any atom is -0.508 e. The first kappa shape index (κ1) is 19.7. The Morgan fingerprint density at radius 1 is 1.35 bits per heavy atom. The fourth-order valence-corrected chi connectivity index (χ4v) is 2.77. The topological polar surface area (TPSA) is 35.5 Å². The molecule has 0 bridgehead atoms. The van der Waals surface area contributed by atoms with Gasteiger partial charge in [0.05, 0.1) is 0 Å². The van der Waals surface area contributed by atoms with Gasteiger partial charge in [-0.25, -0.2) is 0 Å². The monoisotopic (exact) mass is 382 g/mol. The maximum absolute atomic E-state index is 10.1. The zero-order chi connectivity index (χ0) is 13.0. The highest BCUT2D eigenvalue weighted by Crippen LogP contribution is 2.33. The van der Waals surface area contributed by atoms with Crippen LogP contribution >= 0.6 is 40.7 Å². The van der Waals surface area contributed by atoms with Crippen LogP contribution in [0.15, 0.2) is 35.3 Å². The average molecular weight is 384 g/mol. The van der Waals surface area contributed by atoms with Gasteiger partial charge in [-0.15, -0.1) is 31.4 Å². The zero-order valence-corrected chi connectivity index (χ0v) is 14.4. The van der Waals surface area contributed by atoms with Gasteiger partial charge in [-0.1, -0.05) is 28.1 Å². The summed E-state index contributed by atoms with van der Waals surface area (Å²) in [5.41, 5.74) is 0.986. The molecule has 1 aromatic rings. The maximum Gasteiger partial charge on any atom is 0.121 e. The summed E-state index contributed by atoms with van der Waals surface area (Å²) in [5.74, 6) is 0.356. The number of halogens is 3. The van der Waals surface area contributed by atoms with Crippen molar-refractivity contribution in [2.24, 2.45) is 0 Å². The van der Waals surface area contributed by atoms with Crippen LogP contribution in [0.1, 0.15) is 18.0 Å². The second-order valence-electron chi connectivity index (χ2n) is 4.53. The fraction of sp³-hybridized carbons (Fsp3) is 0.429. The number of aromatic hydroxyl groups is 1. The summed E-state index contributed by atoms with van der Waals surface area (Å²) in [5, 5.41) is 13.5. The predicted molar refractivity (Wildman–Crippen MR) is 92.3 cm³/mol. The van der Waals surface area contributed by atoms with Crippen LogP contribution in [0.2, 0.25) is 0 Å². The van der Waals surface area contributed by atoms with Crippen molar-refractivity contribution in [3.8, 4) is 5.75 Å².